The van der Waals surface area contributed by atoms with Gasteiger partial charge in [-0.15, -0.1) is 0 Å². The summed E-state index contributed by atoms with van der Waals surface area (Å²) in [5, 5.41) is 0.498. The van der Waals surface area contributed by atoms with Gasteiger partial charge in [0.15, 0.2) is 0 Å². The molecular formula is C19H22ClN3O2S. The van der Waals surface area contributed by atoms with Crippen molar-refractivity contribution >= 4 is 27.6 Å². The zero-order valence-corrected chi connectivity index (χ0v) is 16.0. The maximum absolute atomic E-state index is 12.7. The average Bonchev–Trinajstić information content (AvgIpc) is 2.67. The van der Waals surface area contributed by atoms with Crippen LogP contribution in [0.3, 0.4) is 0 Å². The van der Waals surface area contributed by atoms with Crippen molar-refractivity contribution in [3.05, 3.63) is 65.2 Å². The van der Waals surface area contributed by atoms with Crippen molar-refractivity contribution in [3.8, 4) is 0 Å². The molecule has 1 saturated heterocycles. The highest BCUT2D eigenvalue weighted by Crippen LogP contribution is 2.15. The van der Waals surface area contributed by atoms with Crippen molar-refractivity contribution in [1.29, 1.82) is 0 Å². The minimum Gasteiger partial charge on any atom is -0.342 e. The summed E-state index contributed by atoms with van der Waals surface area (Å²) in [5.41, 5.74) is 1.03. The molecule has 0 aliphatic carbocycles. The van der Waals surface area contributed by atoms with Crippen molar-refractivity contribution in [2.24, 2.45) is 4.99 Å². The third-order valence-electron chi connectivity index (χ3n) is 4.26. The van der Waals surface area contributed by atoms with E-state index in [0.29, 0.717) is 17.5 Å². The number of guanidine groups is 1. The van der Waals surface area contributed by atoms with Crippen molar-refractivity contribution in [2.45, 2.75) is 30.7 Å². The lowest BCUT2D eigenvalue weighted by Crippen LogP contribution is -2.46. The van der Waals surface area contributed by atoms with Gasteiger partial charge in [-0.3, -0.25) is 0 Å². The van der Waals surface area contributed by atoms with Crippen molar-refractivity contribution in [2.75, 3.05) is 13.1 Å². The molecule has 26 heavy (non-hydrogen) atoms. The van der Waals surface area contributed by atoms with E-state index >= 15 is 0 Å². The van der Waals surface area contributed by atoms with Crippen LogP contribution in [-0.2, 0) is 16.6 Å². The summed E-state index contributed by atoms with van der Waals surface area (Å²) in [4.78, 5) is 6.76. The van der Waals surface area contributed by atoms with Crippen LogP contribution in [0.15, 0.2) is 64.5 Å². The van der Waals surface area contributed by atoms with Gasteiger partial charge in [0.25, 0.3) is 10.0 Å². The van der Waals surface area contributed by atoms with E-state index in [2.05, 4.69) is 9.71 Å². The Bertz CT molecular complexity index is 846. The smallest absolute Gasteiger partial charge is 0.264 e. The Kier molecular flexibility index (Phi) is 6.16. The third kappa shape index (κ3) is 4.99. The summed E-state index contributed by atoms with van der Waals surface area (Å²) in [5.74, 6) is 0.406. The predicted octanol–water partition coefficient (Wildman–Crippen LogP) is 3.66. The van der Waals surface area contributed by atoms with Gasteiger partial charge < -0.3 is 4.90 Å². The van der Waals surface area contributed by atoms with E-state index in [-0.39, 0.29) is 4.90 Å². The molecular weight excluding hydrogens is 370 g/mol. The molecule has 1 heterocycles. The van der Waals surface area contributed by atoms with Crippen LogP contribution in [0.4, 0.5) is 0 Å². The van der Waals surface area contributed by atoms with Crippen LogP contribution in [-0.4, -0.2) is 32.4 Å². The van der Waals surface area contributed by atoms with E-state index < -0.39 is 10.0 Å². The fourth-order valence-electron chi connectivity index (χ4n) is 2.84. The zero-order valence-electron chi connectivity index (χ0n) is 14.4. The number of nitrogens with one attached hydrogen (secondary N) is 1. The molecule has 0 unspecified atom stereocenters. The van der Waals surface area contributed by atoms with Crippen LogP contribution in [0.2, 0.25) is 5.02 Å². The normalized spacial score (nSPS) is 15.7. The first-order chi connectivity index (χ1) is 12.5. The second kappa shape index (κ2) is 8.56. The number of rotatable bonds is 4. The average molecular weight is 392 g/mol. The van der Waals surface area contributed by atoms with Gasteiger partial charge in [0.1, 0.15) is 0 Å². The number of piperidine rings is 1. The Morgan fingerprint density at radius 1 is 1.00 bits per heavy atom. The first kappa shape index (κ1) is 18.7. The van der Waals surface area contributed by atoms with Gasteiger partial charge in [-0.05, 0) is 49.1 Å². The molecule has 0 radical (unpaired) electrons. The lowest BCUT2D eigenvalue weighted by molar-refractivity contribution is 0.335. The topological polar surface area (TPSA) is 61.8 Å². The minimum atomic E-state index is -3.71. The Hall–Kier alpha value is -2.05. The van der Waals surface area contributed by atoms with E-state index in [1.807, 2.05) is 35.2 Å². The number of halogens is 1. The van der Waals surface area contributed by atoms with Crippen LogP contribution in [0.1, 0.15) is 24.8 Å². The van der Waals surface area contributed by atoms with Crippen LogP contribution in [0.25, 0.3) is 0 Å². The molecule has 0 amide bonds. The predicted molar refractivity (Wildman–Crippen MR) is 105 cm³/mol. The van der Waals surface area contributed by atoms with Crippen molar-refractivity contribution in [3.63, 3.8) is 0 Å². The van der Waals surface area contributed by atoms with Gasteiger partial charge in [0, 0.05) is 18.1 Å². The van der Waals surface area contributed by atoms with Crippen LogP contribution in [0, 0.1) is 0 Å². The number of hydrogen-bond acceptors (Lipinski definition) is 3. The van der Waals surface area contributed by atoms with Crippen LogP contribution < -0.4 is 4.72 Å². The van der Waals surface area contributed by atoms with Gasteiger partial charge >= 0.3 is 0 Å². The van der Waals surface area contributed by atoms with E-state index in [0.717, 1.165) is 37.9 Å². The van der Waals surface area contributed by atoms with Crippen LogP contribution in [0.5, 0.6) is 0 Å². The van der Waals surface area contributed by atoms with Gasteiger partial charge in [0.2, 0.25) is 5.96 Å². The van der Waals surface area contributed by atoms with Gasteiger partial charge in [-0.2, -0.15) is 0 Å². The number of aliphatic imine (C=N–C) groups is 1. The Morgan fingerprint density at radius 3 is 2.31 bits per heavy atom. The molecule has 1 N–H and O–H groups in total. The monoisotopic (exact) mass is 391 g/mol. The molecule has 0 bridgehead atoms. The number of benzene rings is 2. The number of nitrogens with zero attached hydrogens (tertiary/aromatic N) is 2. The molecule has 1 aliphatic rings. The largest absolute Gasteiger partial charge is 0.342 e. The molecule has 2 aromatic carbocycles. The summed E-state index contributed by atoms with van der Waals surface area (Å²) in [7, 11) is -3.71. The van der Waals surface area contributed by atoms with Crippen LogP contribution >= 0.6 is 11.6 Å². The van der Waals surface area contributed by atoms with E-state index in [4.69, 9.17) is 11.6 Å². The summed E-state index contributed by atoms with van der Waals surface area (Å²) >= 11 is 5.86. The highest BCUT2D eigenvalue weighted by Gasteiger charge is 2.21. The van der Waals surface area contributed by atoms with Gasteiger partial charge in [-0.25, -0.2) is 18.1 Å². The molecule has 0 spiro atoms. The maximum Gasteiger partial charge on any atom is 0.264 e. The Morgan fingerprint density at radius 2 is 1.65 bits per heavy atom. The molecule has 3 rings (SSSR count). The molecule has 0 aromatic heterocycles. The standard InChI is InChI=1S/C19H22ClN3O2S/c20-17-9-11-18(12-10-17)26(24,25)22-19(23-13-5-2-6-14-23)21-15-16-7-3-1-4-8-16/h1,3-4,7-12H,2,5-6,13-15H2,(H,21,22). The second-order valence-corrected chi connectivity index (χ2v) is 8.35. The fourth-order valence-corrected chi connectivity index (χ4v) is 4.02. The number of hydrogen-bond donors (Lipinski definition) is 1. The van der Waals surface area contributed by atoms with Crippen molar-refractivity contribution in [1.82, 2.24) is 9.62 Å². The van der Waals surface area contributed by atoms with Crippen molar-refractivity contribution < 1.29 is 8.42 Å². The highest BCUT2D eigenvalue weighted by molar-refractivity contribution is 7.90. The summed E-state index contributed by atoms with van der Waals surface area (Å²) in [6.45, 7) is 2.03. The maximum atomic E-state index is 12.7. The lowest BCUT2D eigenvalue weighted by atomic mass is 10.1. The SMILES string of the molecule is O=S(=O)(NC(=NCc1ccccc1)N1CCCCC1)c1ccc(Cl)cc1. The first-order valence-electron chi connectivity index (χ1n) is 8.66. The minimum absolute atomic E-state index is 0.173. The molecule has 2 aromatic rings. The van der Waals surface area contributed by atoms with Gasteiger partial charge in [-0.1, -0.05) is 41.9 Å². The summed E-state index contributed by atoms with van der Waals surface area (Å²) < 4.78 is 28.2. The lowest BCUT2D eigenvalue weighted by Gasteiger charge is -2.30. The number of likely N-dealkylation sites (tertiary alicyclic amines) is 1. The molecule has 1 fully saturated rings. The zero-order chi connectivity index (χ0) is 18.4. The molecule has 5 nitrogen and oxygen atoms in total. The molecule has 138 valence electrons. The van der Waals surface area contributed by atoms with Gasteiger partial charge in [0.05, 0.1) is 11.4 Å². The molecule has 0 atom stereocenters. The Labute approximate surface area is 159 Å². The third-order valence-corrected chi connectivity index (χ3v) is 5.86. The summed E-state index contributed by atoms with van der Waals surface area (Å²) in [6.07, 6.45) is 3.23. The van der Waals surface area contributed by atoms with E-state index in [1.165, 1.54) is 12.1 Å². The second-order valence-electron chi connectivity index (χ2n) is 6.23. The fraction of sp³-hybridized carbons (Fsp3) is 0.316. The van der Waals surface area contributed by atoms with E-state index in [9.17, 15) is 8.42 Å². The highest BCUT2D eigenvalue weighted by atomic mass is 35.5. The number of sulfonamides is 1. The van der Waals surface area contributed by atoms with E-state index in [1.54, 1.807) is 12.1 Å². The quantitative estimate of drug-likeness (QED) is 0.639. The Balaban J connectivity index is 1.83. The molecule has 1 aliphatic heterocycles. The summed E-state index contributed by atoms with van der Waals surface area (Å²) in [6, 6.07) is 15.9. The molecule has 7 heteroatoms. The first-order valence-corrected chi connectivity index (χ1v) is 10.5. The molecule has 0 saturated carbocycles.